The summed E-state index contributed by atoms with van der Waals surface area (Å²) in [5.74, 6) is -0.936. The van der Waals surface area contributed by atoms with Crippen LogP contribution in [0.2, 0.25) is 0 Å². The number of hydrogen-bond acceptors (Lipinski definition) is 7. The van der Waals surface area contributed by atoms with Crippen LogP contribution in [-0.4, -0.2) is 51.5 Å². The highest BCUT2D eigenvalue weighted by molar-refractivity contribution is 5.89. The summed E-state index contributed by atoms with van der Waals surface area (Å²) in [6, 6.07) is 4.72. The second kappa shape index (κ2) is 7.54. The maximum Gasteiger partial charge on any atom is 0.338 e. The number of allylic oxidation sites excluding steroid dienone is 1. The number of aliphatic hydroxyl groups excluding tert-OH is 1. The Morgan fingerprint density at radius 1 is 1.37 bits per heavy atom. The lowest BCUT2D eigenvalue weighted by atomic mass is 10.0. The highest BCUT2D eigenvalue weighted by atomic mass is 16.6. The van der Waals surface area contributed by atoms with Crippen molar-refractivity contribution in [3.63, 3.8) is 0 Å². The molecule has 0 unspecified atom stereocenters. The molecule has 10 nitrogen and oxygen atoms in total. The molecule has 0 aromatic heterocycles. The molecule has 1 aromatic carbocycles. The van der Waals surface area contributed by atoms with E-state index in [0.29, 0.717) is 12.1 Å². The first kappa shape index (κ1) is 20.0. The van der Waals surface area contributed by atoms with E-state index in [9.17, 15) is 24.8 Å². The highest BCUT2D eigenvalue weighted by Gasteiger charge is 2.53. The number of fused-ring (bicyclic) bond motifs is 1. The van der Waals surface area contributed by atoms with E-state index in [1.807, 2.05) is 6.92 Å². The minimum Gasteiger partial charge on any atom is -0.456 e. The minimum atomic E-state index is -0.734. The number of amides is 2. The van der Waals surface area contributed by atoms with Crippen molar-refractivity contribution in [3.8, 4) is 0 Å². The van der Waals surface area contributed by atoms with Crippen molar-refractivity contribution >= 4 is 17.7 Å². The molecule has 0 radical (unpaired) electrons. The van der Waals surface area contributed by atoms with Gasteiger partial charge in [0.1, 0.15) is 18.4 Å². The van der Waals surface area contributed by atoms with Crippen LogP contribution in [0, 0.1) is 16.0 Å². The van der Waals surface area contributed by atoms with Crippen LogP contribution in [0.4, 0.5) is 10.5 Å². The molecule has 5 atom stereocenters. The third-order valence-corrected chi connectivity index (χ3v) is 5.73. The first-order valence-corrected chi connectivity index (χ1v) is 9.50. The number of aliphatic hydroxyl groups is 1. The van der Waals surface area contributed by atoms with Gasteiger partial charge in [0.2, 0.25) is 0 Å². The fourth-order valence-electron chi connectivity index (χ4n) is 4.06. The average molecular weight is 415 g/mol. The number of non-ortho nitro benzene ring substituents is 1. The Balaban J connectivity index is 1.45. The predicted octanol–water partition coefficient (Wildman–Crippen LogP) is 2.06. The molecule has 2 N–H and O–H groups in total. The third kappa shape index (κ3) is 3.55. The molecule has 10 heteroatoms. The first-order chi connectivity index (χ1) is 14.2. The monoisotopic (exact) mass is 415 g/mol. The van der Waals surface area contributed by atoms with E-state index in [4.69, 9.17) is 9.47 Å². The van der Waals surface area contributed by atoms with E-state index in [1.165, 1.54) is 29.2 Å². The zero-order chi connectivity index (χ0) is 21.6. The average Bonchev–Trinajstić information content (AvgIpc) is 3.26. The zero-order valence-corrected chi connectivity index (χ0v) is 16.2. The third-order valence-electron chi connectivity index (χ3n) is 5.73. The predicted molar refractivity (Wildman–Crippen MR) is 103 cm³/mol. The lowest BCUT2D eigenvalue weighted by molar-refractivity contribution is -0.384. The summed E-state index contributed by atoms with van der Waals surface area (Å²) in [4.78, 5) is 36.4. The van der Waals surface area contributed by atoms with Crippen LogP contribution in [-0.2, 0) is 9.47 Å². The summed E-state index contributed by atoms with van der Waals surface area (Å²) in [6.45, 7) is 5.58. The van der Waals surface area contributed by atoms with Gasteiger partial charge in [0.05, 0.1) is 16.6 Å². The van der Waals surface area contributed by atoms with Crippen molar-refractivity contribution in [2.45, 2.75) is 44.3 Å². The molecule has 2 amide bonds. The van der Waals surface area contributed by atoms with Crippen molar-refractivity contribution in [1.29, 1.82) is 0 Å². The second-order valence-corrected chi connectivity index (χ2v) is 7.63. The Labute approximate surface area is 171 Å². The van der Waals surface area contributed by atoms with Crippen molar-refractivity contribution in [1.82, 2.24) is 10.2 Å². The number of nitro benzene ring substituents is 1. The Hall–Kier alpha value is -3.24. The van der Waals surface area contributed by atoms with Gasteiger partial charge in [-0.3, -0.25) is 15.0 Å². The van der Waals surface area contributed by atoms with Crippen LogP contribution in [0.15, 0.2) is 48.3 Å². The van der Waals surface area contributed by atoms with Gasteiger partial charge < -0.3 is 19.9 Å². The van der Waals surface area contributed by atoms with Gasteiger partial charge in [0, 0.05) is 42.8 Å². The molecule has 0 spiro atoms. The SMILES string of the molecule is C=C1NC(=O)N([C@@H]2C[C@@H]3[C@H](O2)[C@H](OC(=O)c2ccc([N+](=O)[O-])cc2)C[C@H]3O)C=C1C. The summed E-state index contributed by atoms with van der Waals surface area (Å²) in [7, 11) is 0. The van der Waals surface area contributed by atoms with Gasteiger partial charge in [0.15, 0.2) is 0 Å². The zero-order valence-electron chi connectivity index (χ0n) is 16.2. The first-order valence-electron chi connectivity index (χ1n) is 9.50. The number of benzene rings is 1. The molecule has 1 saturated carbocycles. The summed E-state index contributed by atoms with van der Waals surface area (Å²) in [5.41, 5.74) is 1.35. The summed E-state index contributed by atoms with van der Waals surface area (Å²) in [5, 5.41) is 23.8. The van der Waals surface area contributed by atoms with Crippen LogP contribution in [0.3, 0.4) is 0 Å². The van der Waals surface area contributed by atoms with Crippen molar-refractivity contribution in [3.05, 3.63) is 64.0 Å². The number of hydrogen-bond donors (Lipinski definition) is 2. The number of esters is 1. The number of nitro groups is 1. The molecule has 158 valence electrons. The Bertz CT molecular complexity index is 942. The van der Waals surface area contributed by atoms with E-state index < -0.39 is 35.4 Å². The van der Waals surface area contributed by atoms with E-state index in [1.54, 1.807) is 6.20 Å². The van der Waals surface area contributed by atoms with Gasteiger partial charge in [-0.1, -0.05) is 6.58 Å². The van der Waals surface area contributed by atoms with E-state index in [2.05, 4.69) is 11.9 Å². The van der Waals surface area contributed by atoms with E-state index >= 15 is 0 Å². The number of carbonyl (C=O) groups is 2. The van der Waals surface area contributed by atoms with Gasteiger partial charge in [0.25, 0.3) is 5.69 Å². The highest BCUT2D eigenvalue weighted by Crippen LogP contribution is 2.42. The maximum atomic E-state index is 12.5. The lowest BCUT2D eigenvalue weighted by Gasteiger charge is -2.31. The molecule has 2 aliphatic heterocycles. The molecule has 4 rings (SSSR count). The molecule has 2 fully saturated rings. The molecule has 0 bridgehead atoms. The fraction of sp³-hybridized carbons (Fsp3) is 0.400. The largest absolute Gasteiger partial charge is 0.456 e. The summed E-state index contributed by atoms with van der Waals surface area (Å²) < 4.78 is 11.6. The molecule has 2 heterocycles. The van der Waals surface area contributed by atoms with Gasteiger partial charge >= 0.3 is 12.0 Å². The number of ether oxygens (including phenoxy) is 2. The smallest absolute Gasteiger partial charge is 0.338 e. The van der Waals surface area contributed by atoms with Crippen LogP contribution in [0.5, 0.6) is 0 Å². The molecule has 30 heavy (non-hydrogen) atoms. The topological polar surface area (TPSA) is 131 Å². The molecule has 1 aromatic rings. The van der Waals surface area contributed by atoms with Crippen molar-refractivity contribution < 1.29 is 29.1 Å². The number of rotatable bonds is 4. The Morgan fingerprint density at radius 3 is 2.73 bits per heavy atom. The lowest BCUT2D eigenvalue weighted by Crippen LogP contribution is -2.46. The minimum absolute atomic E-state index is 0.129. The van der Waals surface area contributed by atoms with Gasteiger partial charge in [-0.15, -0.1) is 0 Å². The Morgan fingerprint density at radius 2 is 2.07 bits per heavy atom. The summed E-state index contributed by atoms with van der Waals surface area (Å²) >= 11 is 0. The molecular weight excluding hydrogens is 394 g/mol. The molecule has 1 saturated heterocycles. The van der Waals surface area contributed by atoms with Crippen LogP contribution in [0.25, 0.3) is 0 Å². The number of nitrogens with zero attached hydrogens (tertiary/aromatic N) is 2. The fourth-order valence-corrected chi connectivity index (χ4v) is 4.06. The maximum absolute atomic E-state index is 12.5. The van der Waals surface area contributed by atoms with E-state index in [-0.39, 0.29) is 29.6 Å². The molecular formula is C20H21N3O7. The van der Waals surface area contributed by atoms with Crippen LogP contribution in [0.1, 0.15) is 30.1 Å². The second-order valence-electron chi connectivity index (χ2n) is 7.63. The van der Waals surface area contributed by atoms with Crippen molar-refractivity contribution in [2.75, 3.05) is 0 Å². The number of urea groups is 1. The van der Waals surface area contributed by atoms with Gasteiger partial charge in [-0.05, 0) is 24.6 Å². The normalized spacial score (nSPS) is 30.5. The van der Waals surface area contributed by atoms with Gasteiger partial charge in [-0.2, -0.15) is 0 Å². The standard InChI is InChI=1S/C20H21N3O7/c1-10-9-22(20(26)21-11(10)2)17-7-14-15(24)8-16(18(14)30-17)29-19(25)12-3-5-13(6-4-12)23(27)28/h3-6,9,14-18,24H,2,7-8H2,1H3,(H,21,26)/t14-,15+,16+,17-,18-/m0/s1. The van der Waals surface area contributed by atoms with Gasteiger partial charge in [-0.25, -0.2) is 9.59 Å². The summed E-state index contributed by atoms with van der Waals surface area (Å²) in [6.07, 6.45) is -0.304. The van der Waals surface area contributed by atoms with E-state index in [0.717, 1.165) is 5.57 Å². The quantitative estimate of drug-likeness (QED) is 0.437. The number of nitrogens with one attached hydrogen (secondary N) is 1. The molecule has 3 aliphatic rings. The van der Waals surface area contributed by atoms with Crippen LogP contribution < -0.4 is 5.32 Å². The Kier molecular flexibility index (Phi) is 5.04. The van der Waals surface area contributed by atoms with Crippen LogP contribution >= 0.6 is 0 Å². The van der Waals surface area contributed by atoms with Crippen molar-refractivity contribution in [2.24, 2.45) is 5.92 Å². The molecule has 1 aliphatic carbocycles. The number of carbonyl (C=O) groups excluding carboxylic acids is 2.